The van der Waals surface area contributed by atoms with E-state index in [0.29, 0.717) is 13.1 Å². The summed E-state index contributed by atoms with van der Waals surface area (Å²) in [6.45, 7) is 4.37. The van der Waals surface area contributed by atoms with Crippen molar-refractivity contribution in [1.82, 2.24) is 4.90 Å². The fourth-order valence-electron chi connectivity index (χ4n) is 0.993. The Balaban J connectivity index is 0. The Kier molecular flexibility index (Phi) is 6.74. The molecule has 0 spiro atoms. The number of methoxy groups -OCH3 is 1. The van der Waals surface area contributed by atoms with E-state index in [1.54, 1.807) is 4.90 Å². The first-order valence-electron chi connectivity index (χ1n) is 3.44. The van der Waals surface area contributed by atoms with Crippen LogP contribution < -0.4 is 0 Å². The average Bonchev–Trinajstić information content (AvgIpc) is 2.36. The summed E-state index contributed by atoms with van der Waals surface area (Å²) >= 11 is 0. The van der Waals surface area contributed by atoms with Crippen molar-refractivity contribution in [2.75, 3.05) is 20.2 Å². The van der Waals surface area contributed by atoms with Gasteiger partial charge in [0.25, 0.3) is 0 Å². The van der Waals surface area contributed by atoms with Gasteiger partial charge < -0.3 is 14.4 Å². The summed E-state index contributed by atoms with van der Waals surface area (Å²) in [5.74, 6) is 0.634. The molecule has 0 aromatic rings. The van der Waals surface area contributed by atoms with Crippen LogP contribution in [0, 0.1) is 6.61 Å². The Morgan fingerprint density at radius 1 is 1.69 bits per heavy atom. The molecule has 0 aromatic carbocycles. The number of rotatable bonds is 2. The standard InChI is InChI=1S/C7H11N2O2.Re.Rf/c1-6-8-3-4-9(6)7(10)5-11-2;;/h5H,3-4H2,1-2H3;;/q-1;;. The molecular formula is C7H11N2O2ReRf-. The number of nitrogens with zero attached hydrogens (tertiary/aromatic N) is 2. The Hall–Kier alpha value is -1.37. The molecular weight excluding hydrogens is 597 g/mol. The van der Waals surface area contributed by atoms with Crippen LogP contribution in [0.4, 0.5) is 0 Å². The van der Waals surface area contributed by atoms with Crippen molar-refractivity contribution in [3.05, 3.63) is 6.61 Å². The summed E-state index contributed by atoms with van der Waals surface area (Å²) in [5.41, 5.74) is 0. The maximum atomic E-state index is 11.1. The van der Waals surface area contributed by atoms with E-state index in [4.69, 9.17) is 0 Å². The number of hydrogen-bond donors (Lipinski definition) is 0. The van der Waals surface area contributed by atoms with Crippen molar-refractivity contribution in [2.24, 2.45) is 4.99 Å². The van der Waals surface area contributed by atoms with Crippen LogP contribution in [0.3, 0.4) is 0 Å². The van der Waals surface area contributed by atoms with Crippen molar-refractivity contribution in [2.45, 2.75) is 6.92 Å². The minimum absolute atomic E-state index is 0. The maximum absolute atomic E-state index is 11.1. The predicted molar refractivity (Wildman–Crippen MR) is 41.0 cm³/mol. The molecule has 1 heterocycles. The molecule has 0 saturated carbocycles. The zero-order valence-corrected chi connectivity index (χ0v) is 16.9. The van der Waals surface area contributed by atoms with Crippen molar-refractivity contribution < 1.29 is 30.0 Å². The summed E-state index contributed by atoms with van der Waals surface area (Å²) in [6.07, 6.45) is 0. The Morgan fingerprint density at radius 3 is 2.69 bits per heavy atom. The minimum atomic E-state index is -0.133. The number of amidine groups is 1. The Morgan fingerprint density at radius 2 is 2.31 bits per heavy atom. The summed E-state index contributed by atoms with van der Waals surface area (Å²) in [5, 5.41) is 0. The van der Waals surface area contributed by atoms with Crippen LogP contribution in [0.15, 0.2) is 4.99 Å². The van der Waals surface area contributed by atoms with Gasteiger partial charge in [0.2, 0.25) is 0 Å². The van der Waals surface area contributed by atoms with Crippen molar-refractivity contribution >= 4 is 11.7 Å². The van der Waals surface area contributed by atoms with E-state index in [0.717, 1.165) is 5.84 Å². The van der Waals surface area contributed by atoms with Crippen LogP contribution in [-0.2, 0) is 30.0 Å². The zero-order chi connectivity index (χ0) is 8.27. The molecule has 0 bridgehead atoms. The van der Waals surface area contributed by atoms with Gasteiger partial charge in [-0.25, -0.2) is 0 Å². The average molecular weight is 608 g/mol. The van der Waals surface area contributed by atoms with E-state index < -0.39 is 0 Å². The van der Waals surface area contributed by atoms with Gasteiger partial charge in [0, 0.05) is 34.1 Å². The molecule has 1 rings (SSSR count). The quantitative estimate of drug-likeness (QED) is 0.417. The molecule has 0 aliphatic carbocycles. The van der Waals surface area contributed by atoms with Crippen LogP contribution in [0.25, 0.3) is 0 Å². The van der Waals surface area contributed by atoms with Gasteiger partial charge >= 0.3 is 0 Å². The first kappa shape index (κ1) is 14.2. The molecule has 0 atom stereocenters. The van der Waals surface area contributed by atoms with Gasteiger partial charge in [-0.3, -0.25) is 4.99 Å². The molecule has 13 heavy (non-hydrogen) atoms. The van der Waals surface area contributed by atoms with Gasteiger partial charge in [-0.1, -0.05) is 0 Å². The molecule has 0 unspecified atom stereocenters. The van der Waals surface area contributed by atoms with E-state index in [1.807, 2.05) is 6.92 Å². The first-order chi connectivity index (χ1) is 5.25. The van der Waals surface area contributed by atoms with E-state index in [1.165, 1.54) is 13.7 Å². The number of carbonyl (C=O) groups excluding carboxylic acids is 1. The monoisotopic (exact) mass is 609 g/mol. The molecule has 1 aliphatic heterocycles. The minimum Gasteiger partial charge on any atom is -0.527 e. The third-order valence-corrected chi connectivity index (χ3v) is 1.54. The SMILES string of the molecule is CO[CH-]C(=O)N1CCN=C1C.[Re].[Rf]. The third-order valence-electron chi connectivity index (χ3n) is 1.54. The first-order valence-corrected chi connectivity index (χ1v) is 3.44. The number of carbonyl (C=O) groups is 1. The molecule has 0 fully saturated rings. The molecule has 1 radical (unpaired) electrons. The van der Waals surface area contributed by atoms with Gasteiger partial charge in [-0.15, -0.1) is 0 Å². The van der Waals surface area contributed by atoms with E-state index in [-0.39, 0.29) is 26.3 Å². The molecule has 71 valence electrons. The molecule has 6 heteroatoms. The molecule has 0 aromatic heterocycles. The molecule has 0 N–H and O–H groups in total. The van der Waals surface area contributed by atoms with Crippen LogP contribution >= 0.6 is 0 Å². The molecule has 4 nitrogen and oxygen atoms in total. The fraction of sp³-hybridized carbons (Fsp3) is 0.571. The summed E-state index contributed by atoms with van der Waals surface area (Å²) in [7, 11) is 1.46. The largest absolute Gasteiger partial charge is 0.527 e. The maximum Gasteiger partial charge on any atom is 0.114 e. The molecule has 0 saturated heterocycles. The van der Waals surface area contributed by atoms with E-state index >= 15 is 0 Å². The zero-order valence-electron chi connectivity index (χ0n) is 7.79. The number of ether oxygens (including phenoxy) is 1. The number of aliphatic imine (C=N–C) groups is 1. The van der Waals surface area contributed by atoms with Crippen molar-refractivity contribution in [1.29, 1.82) is 0 Å². The second-order valence-corrected chi connectivity index (χ2v) is 2.27. The van der Waals surface area contributed by atoms with E-state index in [2.05, 4.69) is 9.73 Å². The van der Waals surface area contributed by atoms with Gasteiger partial charge in [-0.2, -0.15) is 6.61 Å². The van der Waals surface area contributed by atoms with E-state index in [9.17, 15) is 4.79 Å². The number of hydrogen-bond acceptors (Lipinski definition) is 3. The summed E-state index contributed by atoms with van der Waals surface area (Å²) < 4.78 is 4.59. The van der Waals surface area contributed by atoms with Crippen LogP contribution in [0.5, 0.6) is 0 Å². The van der Waals surface area contributed by atoms with Crippen LogP contribution in [0.2, 0.25) is 0 Å². The van der Waals surface area contributed by atoms with Crippen molar-refractivity contribution in [3.8, 4) is 0 Å². The molecule has 1 aliphatic rings. The van der Waals surface area contributed by atoms with Crippen molar-refractivity contribution in [3.63, 3.8) is 0 Å². The second kappa shape index (κ2) is 6.18. The predicted octanol–water partition coefficient (Wildman–Crippen LogP) is 0.0527. The Labute approximate surface area is 85.6 Å². The summed E-state index contributed by atoms with van der Waals surface area (Å²) in [4.78, 5) is 16.8. The molecule has 1 amide bonds. The van der Waals surface area contributed by atoms with Crippen LogP contribution in [-0.4, -0.2) is 36.8 Å². The summed E-state index contributed by atoms with van der Waals surface area (Å²) in [6, 6.07) is 0. The topological polar surface area (TPSA) is 41.9 Å². The third kappa shape index (κ3) is 3.24. The normalized spacial score (nSPS) is 14.0. The number of amides is 1. The van der Waals surface area contributed by atoms with Crippen LogP contribution in [0.1, 0.15) is 6.92 Å². The van der Waals surface area contributed by atoms with Gasteiger partial charge in [-0.05, 0) is 6.92 Å². The Bertz CT molecular complexity index is 199. The van der Waals surface area contributed by atoms with Gasteiger partial charge in [0.05, 0.1) is 6.54 Å². The second-order valence-electron chi connectivity index (χ2n) is 2.27. The van der Waals surface area contributed by atoms with Gasteiger partial charge in [0.15, 0.2) is 0 Å². The smallest absolute Gasteiger partial charge is 0.114 e. The van der Waals surface area contributed by atoms with Gasteiger partial charge in [0.1, 0.15) is 11.7 Å². The fourth-order valence-corrected chi connectivity index (χ4v) is 0.993.